The number of carbonyl (C=O) groups is 4. The van der Waals surface area contributed by atoms with Gasteiger partial charge < -0.3 is 19.3 Å². The summed E-state index contributed by atoms with van der Waals surface area (Å²) in [7, 11) is 0. The third kappa shape index (κ3) is 10.6. The lowest BCUT2D eigenvalue weighted by atomic mass is 9.79. The van der Waals surface area contributed by atoms with E-state index in [2.05, 4.69) is 0 Å². The molecule has 0 amide bonds. The molecule has 0 radical (unpaired) electrons. The minimum atomic E-state index is -0.983. The zero-order valence-corrected chi connectivity index (χ0v) is 22.5. The summed E-state index contributed by atoms with van der Waals surface area (Å²) in [6, 6.07) is 15.5. The average Bonchev–Trinajstić information content (AvgIpc) is 2.87. The number of aliphatic carboxylic acids is 1. The van der Waals surface area contributed by atoms with Crippen LogP contribution < -0.4 is 4.74 Å². The molecule has 1 unspecified atom stereocenters. The van der Waals surface area contributed by atoms with Crippen LogP contribution in [0.15, 0.2) is 54.6 Å². The van der Waals surface area contributed by atoms with Gasteiger partial charge in [-0.15, -0.1) is 0 Å². The van der Waals surface area contributed by atoms with Crippen LogP contribution in [0.1, 0.15) is 64.9 Å². The van der Waals surface area contributed by atoms with Crippen molar-refractivity contribution in [2.24, 2.45) is 5.41 Å². The normalized spacial score (nSPS) is 11.4. The topological polar surface area (TPSA) is 116 Å². The Balaban J connectivity index is 0.000000371. The van der Waals surface area contributed by atoms with Crippen molar-refractivity contribution in [1.29, 1.82) is 0 Å². The molecular weight excluding hydrogens is 500 g/mol. The maximum absolute atomic E-state index is 12.1. The van der Waals surface area contributed by atoms with E-state index in [9.17, 15) is 19.2 Å². The van der Waals surface area contributed by atoms with Gasteiger partial charge in [0, 0.05) is 5.02 Å². The van der Waals surface area contributed by atoms with Gasteiger partial charge in [-0.25, -0.2) is 0 Å². The molecule has 0 heterocycles. The van der Waals surface area contributed by atoms with E-state index in [-0.39, 0.29) is 26.1 Å². The molecule has 0 saturated heterocycles. The maximum Gasteiger partial charge on any atom is 0.318 e. The first-order chi connectivity index (χ1) is 17.6. The van der Waals surface area contributed by atoms with Gasteiger partial charge in [-0.05, 0) is 56.5 Å². The molecule has 0 spiro atoms. The van der Waals surface area contributed by atoms with Crippen LogP contribution in [0.2, 0.25) is 5.02 Å². The number of esters is 3. The van der Waals surface area contributed by atoms with Crippen molar-refractivity contribution in [1.82, 2.24) is 0 Å². The van der Waals surface area contributed by atoms with Crippen molar-refractivity contribution in [2.75, 3.05) is 13.2 Å². The summed E-state index contributed by atoms with van der Waals surface area (Å²) in [5, 5.41) is 9.49. The molecule has 2 rings (SSSR count). The van der Waals surface area contributed by atoms with Crippen molar-refractivity contribution in [3.05, 3.63) is 65.2 Å². The lowest BCUT2D eigenvalue weighted by Crippen LogP contribution is -2.36. The Morgan fingerprint density at radius 2 is 1.43 bits per heavy atom. The van der Waals surface area contributed by atoms with Gasteiger partial charge in [-0.2, -0.15) is 0 Å². The van der Waals surface area contributed by atoms with Crippen molar-refractivity contribution in [3.63, 3.8) is 0 Å². The third-order valence-corrected chi connectivity index (χ3v) is 6.00. The second kappa shape index (κ2) is 16.4. The minimum absolute atomic E-state index is 0.0334. The molecule has 0 aliphatic rings. The Morgan fingerprint density at radius 1 is 0.865 bits per heavy atom. The van der Waals surface area contributed by atoms with Gasteiger partial charge in [0.1, 0.15) is 5.75 Å². The SMILES string of the molecule is CCC(CC)(CC(=O)O)C(=O)Oc1ccccc1.CCOC(=O)CC(C(=O)OCC)c1ccc(Cl)cc1. The van der Waals surface area contributed by atoms with E-state index in [0.717, 1.165) is 0 Å². The molecule has 1 atom stereocenters. The Morgan fingerprint density at radius 3 is 1.92 bits per heavy atom. The first-order valence-electron chi connectivity index (χ1n) is 12.2. The van der Waals surface area contributed by atoms with Crippen molar-refractivity contribution in [3.8, 4) is 5.75 Å². The summed E-state index contributed by atoms with van der Waals surface area (Å²) in [5.41, 5.74) is -0.252. The van der Waals surface area contributed by atoms with Crippen LogP contribution in [-0.2, 0) is 28.7 Å². The third-order valence-electron chi connectivity index (χ3n) is 5.75. The predicted molar refractivity (Wildman–Crippen MR) is 139 cm³/mol. The maximum atomic E-state index is 12.1. The van der Waals surface area contributed by atoms with Crippen molar-refractivity contribution >= 4 is 35.5 Å². The van der Waals surface area contributed by atoms with Gasteiger partial charge in [-0.1, -0.05) is 55.8 Å². The quantitative estimate of drug-likeness (QED) is 0.268. The standard InChI is InChI=1S/C14H17ClO4.C14H18O4/c1-3-18-13(16)9-12(14(17)19-4-2)10-5-7-11(15)8-6-10;1-3-14(4-2,10-12(15)16)13(17)18-11-8-6-5-7-9-11/h5-8,12H,3-4,9H2,1-2H3;5-9H,3-4,10H2,1-2H3,(H,15,16). The molecule has 2 aromatic rings. The summed E-state index contributed by atoms with van der Waals surface area (Å²) in [6.45, 7) is 7.61. The van der Waals surface area contributed by atoms with Crippen molar-refractivity contribution in [2.45, 2.75) is 59.3 Å². The van der Waals surface area contributed by atoms with E-state index in [1.807, 2.05) is 6.07 Å². The zero-order chi connectivity index (χ0) is 27.8. The Bertz CT molecular complexity index is 1000. The number of halogens is 1. The smallest absolute Gasteiger partial charge is 0.318 e. The number of benzene rings is 2. The van der Waals surface area contributed by atoms with Crippen LogP contribution >= 0.6 is 11.6 Å². The summed E-state index contributed by atoms with van der Waals surface area (Å²) < 4.78 is 15.1. The van der Waals surface area contributed by atoms with Crippen LogP contribution in [0.3, 0.4) is 0 Å². The highest BCUT2D eigenvalue weighted by atomic mass is 35.5. The van der Waals surface area contributed by atoms with Gasteiger partial charge in [-0.3, -0.25) is 19.2 Å². The largest absolute Gasteiger partial charge is 0.481 e. The molecule has 0 aromatic heterocycles. The summed E-state index contributed by atoms with van der Waals surface area (Å²) in [4.78, 5) is 46.5. The second-order valence-corrected chi connectivity index (χ2v) is 8.56. The lowest BCUT2D eigenvalue weighted by Gasteiger charge is -2.27. The van der Waals surface area contributed by atoms with Crippen LogP contribution in [0.5, 0.6) is 5.75 Å². The van der Waals surface area contributed by atoms with Gasteiger partial charge in [0.15, 0.2) is 0 Å². The van der Waals surface area contributed by atoms with E-state index in [1.54, 1.807) is 76.2 Å². The van der Waals surface area contributed by atoms with E-state index in [0.29, 0.717) is 29.2 Å². The molecule has 202 valence electrons. The van der Waals surface area contributed by atoms with Gasteiger partial charge in [0.05, 0.1) is 37.4 Å². The van der Waals surface area contributed by atoms with Crippen LogP contribution in [0, 0.1) is 5.41 Å². The number of para-hydroxylation sites is 1. The lowest BCUT2D eigenvalue weighted by molar-refractivity contribution is -0.154. The minimum Gasteiger partial charge on any atom is -0.481 e. The molecule has 0 aliphatic heterocycles. The number of carboxylic acid groups (broad SMARTS) is 1. The molecular formula is C28H35ClO8. The van der Waals surface area contributed by atoms with Crippen LogP contribution in [0.4, 0.5) is 0 Å². The first kappa shape index (κ1) is 31.6. The van der Waals surface area contributed by atoms with Crippen LogP contribution in [-0.4, -0.2) is 42.2 Å². The van der Waals surface area contributed by atoms with E-state index < -0.39 is 35.2 Å². The fraction of sp³-hybridized carbons (Fsp3) is 0.429. The predicted octanol–water partition coefficient (Wildman–Crippen LogP) is 5.81. The van der Waals surface area contributed by atoms with Crippen molar-refractivity contribution < 1.29 is 38.5 Å². The van der Waals surface area contributed by atoms with E-state index in [4.69, 9.17) is 30.9 Å². The Hall–Kier alpha value is -3.39. The number of ether oxygens (including phenoxy) is 3. The fourth-order valence-corrected chi connectivity index (χ4v) is 3.64. The summed E-state index contributed by atoms with van der Waals surface area (Å²) in [6.07, 6.45) is 0.656. The zero-order valence-electron chi connectivity index (χ0n) is 21.7. The number of hydrogen-bond donors (Lipinski definition) is 1. The number of carbonyl (C=O) groups excluding carboxylic acids is 3. The molecule has 9 heteroatoms. The fourth-order valence-electron chi connectivity index (χ4n) is 3.52. The molecule has 0 fully saturated rings. The molecule has 0 bridgehead atoms. The monoisotopic (exact) mass is 534 g/mol. The van der Waals surface area contributed by atoms with Crippen LogP contribution in [0.25, 0.3) is 0 Å². The first-order valence-corrected chi connectivity index (χ1v) is 12.6. The number of carboxylic acids is 1. The molecule has 2 aromatic carbocycles. The number of rotatable bonds is 12. The highest BCUT2D eigenvalue weighted by Gasteiger charge is 2.39. The molecule has 0 aliphatic carbocycles. The van der Waals surface area contributed by atoms with Gasteiger partial charge >= 0.3 is 23.9 Å². The molecule has 0 saturated carbocycles. The molecule has 1 N–H and O–H groups in total. The highest BCUT2D eigenvalue weighted by Crippen LogP contribution is 2.33. The highest BCUT2D eigenvalue weighted by molar-refractivity contribution is 6.30. The molecule has 37 heavy (non-hydrogen) atoms. The summed E-state index contributed by atoms with van der Waals surface area (Å²) in [5.74, 6) is -2.52. The molecule has 8 nitrogen and oxygen atoms in total. The Labute approximate surface area is 222 Å². The average molecular weight is 535 g/mol. The number of hydrogen-bond acceptors (Lipinski definition) is 7. The summed E-state index contributed by atoms with van der Waals surface area (Å²) >= 11 is 5.80. The second-order valence-electron chi connectivity index (χ2n) is 8.13. The van der Waals surface area contributed by atoms with Gasteiger partial charge in [0.25, 0.3) is 0 Å². The Kier molecular flexibility index (Phi) is 14.0. The van der Waals surface area contributed by atoms with E-state index >= 15 is 0 Å². The van der Waals surface area contributed by atoms with Gasteiger partial charge in [0.2, 0.25) is 0 Å². The van der Waals surface area contributed by atoms with E-state index in [1.165, 1.54) is 0 Å².